The molecule has 3 heterocycles. The van der Waals surface area contributed by atoms with Gasteiger partial charge in [-0.1, -0.05) is 11.6 Å². The number of nitrogens with zero attached hydrogens (tertiary/aromatic N) is 2. The minimum absolute atomic E-state index is 0.152. The molecule has 0 bridgehead atoms. The lowest BCUT2D eigenvalue weighted by Crippen LogP contribution is -2.40. The molecule has 1 fully saturated rings. The number of carbonyl (C=O) groups is 1. The standard InChI is InChI=1S/C20H18ClFN2O4S/c21-19-10-13(7-8-23-19)3-5-17(25)16-2-1-9-24(16)29(26,27)20-12-14-11-15(22)4-6-18(14)28-20/h4,6-8,10-12,16H,1-3,5,9H2/t16-/m0/s1. The van der Waals surface area contributed by atoms with E-state index in [2.05, 4.69) is 4.98 Å². The van der Waals surface area contributed by atoms with Gasteiger partial charge in [0.1, 0.15) is 16.6 Å². The van der Waals surface area contributed by atoms with Crippen LogP contribution in [0.1, 0.15) is 24.8 Å². The van der Waals surface area contributed by atoms with Gasteiger partial charge in [-0.05, 0) is 55.2 Å². The lowest BCUT2D eigenvalue weighted by molar-refractivity contribution is -0.122. The van der Waals surface area contributed by atoms with E-state index in [1.165, 1.54) is 28.6 Å². The number of rotatable bonds is 6. The van der Waals surface area contributed by atoms with Crippen LogP contribution in [0, 0.1) is 5.82 Å². The number of aryl methyl sites for hydroxylation is 1. The number of hydrogen-bond acceptors (Lipinski definition) is 5. The summed E-state index contributed by atoms with van der Waals surface area (Å²) in [6, 6.07) is 7.83. The summed E-state index contributed by atoms with van der Waals surface area (Å²) in [6.07, 6.45) is 3.27. The third kappa shape index (κ3) is 4.05. The van der Waals surface area contributed by atoms with Crippen molar-refractivity contribution in [2.24, 2.45) is 0 Å². The predicted molar refractivity (Wildman–Crippen MR) is 106 cm³/mol. The Bertz CT molecular complexity index is 1180. The minimum Gasteiger partial charge on any atom is -0.443 e. The van der Waals surface area contributed by atoms with E-state index in [9.17, 15) is 17.6 Å². The smallest absolute Gasteiger partial charge is 0.277 e. The van der Waals surface area contributed by atoms with Crippen molar-refractivity contribution >= 4 is 38.4 Å². The Kier molecular flexibility index (Phi) is 5.42. The SMILES string of the molecule is O=C(CCc1ccnc(Cl)c1)[C@@H]1CCCN1S(=O)(=O)c1cc2cc(F)ccc2o1. The maximum atomic E-state index is 13.4. The maximum absolute atomic E-state index is 13.4. The van der Waals surface area contributed by atoms with Crippen molar-refractivity contribution in [2.75, 3.05) is 6.54 Å². The number of pyridine rings is 1. The molecule has 0 N–H and O–H groups in total. The van der Waals surface area contributed by atoms with Crippen molar-refractivity contribution in [3.05, 3.63) is 59.1 Å². The van der Waals surface area contributed by atoms with Crippen molar-refractivity contribution in [1.29, 1.82) is 0 Å². The van der Waals surface area contributed by atoms with Gasteiger partial charge in [0.25, 0.3) is 10.0 Å². The zero-order valence-electron chi connectivity index (χ0n) is 15.3. The molecule has 4 rings (SSSR count). The number of fused-ring (bicyclic) bond motifs is 1. The summed E-state index contributed by atoms with van der Waals surface area (Å²) in [6.45, 7) is 0.241. The number of carbonyl (C=O) groups excluding carboxylic acids is 1. The van der Waals surface area contributed by atoms with E-state index >= 15 is 0 Å². The quantitative estimate of drug-likeness (QED) is 0.546. The summed E-state index contributed by atoms with van der Waals surface area (Å²) in [5.41, 5.74) is 1.15. The van der Waals surface area contributed by atoms with Gasteiger partial charge in [-0.15, -0.1) is 0 Å². The van der Waals surface area contributed by atoms with Crippen molar-refractivity contribution in [1.82, 2.24) is 9.29 Å². The number of hydrogen-bond donors (Lipinski definition) is 0. The Morgan fingerprint density at radius 2 is 2.10 bits per heavy atom. The molecule has 6 nitrogen and oxygen atoms in total. The highest BCUT2D eigenvalue weighted by atomic mass is 35.5. The van der Waals surface area contributed by atoms with Gasteiger partial charge >= 0.3 is 0 Å². The minimum atomic E-state index is -4.00. The number of aromatic nitrogens is 1. The fourth-order valence-corrected chi connectivity index (χ4v) is 5.44. The number of benzene rings is 1. The lowest BCUT2D eigenvalue weighted by atomic mass is 10.0. The number of Topliss-reactive ketones (excluding diaryl/α,β-unsaturated/α-hetero) is 1. The molecular formula is C20H18ClFN2O4S. The van der Waals surface area contributed by atoms with E-state index < -0.39 is 21.9 Å². The van der Waals surface area contributed by atoms with Crippen molar-refractivity contribution < 1.29 is 22.0 Å². The first-order chi connectivity index (χ1) is 13.8. The second-order valence-electron chi connectivity index (χ2n) is 6.97. The van der Waals surface area contributed by atoms with Crippen LogP contribution >= 0.6 is 11.6 Å². The molecule has 0 amide bonds. The molecule has 0 aliphatic carbocycles. The van der Waals surface area contributed by atoms with Gasteiger partial charge in [-0.3, -0.25) is 4.79 Å². The fraction of sp³-hybridized carbons (Fsp3) is 0.300. The third-order valence-corrected chi connectivity index (χ3v) is 7.02. The van der Waals surface area contributed by atoms with Crippen LogP contribution in [-0.4, -0.2) is 36.1 Å². The van der Waals surface area contributed by atoms with Crippen LogP contribution in [0.15, 0.2) is 52.1 Å². The molecule has 9 heteroatoms. The number of halogens is 2. The molecule has 1 aromatic carbocycles. The number of ketones is 1. The van der Waals surface area contributed by atoms with E-state index in [1.54, 1.807) is 18.3 Å². The topological polar surface area (TPSA) is 80.5 Å². The number of furan rings is 1. The number of sulfonamides is 1. The normalized spacial score (nSPS) is 17.8. The summed E-state index contributed by atoms with van der Waals surface area (Å²) in [4.78, 5) is 16.7. The molecule has 152 valence electrons. The van der Waals surface area contributed by atoms with E-state index in [0.29, 0.717) is 29.8 Å². The van der Waals surface area contributed by atoms with Gasteiger partial charge in [-0.2, -0.15) is 4.31 Å². The van der Waals surface area contributed by atoms with Crippen LogP contribution in [0.3, 0.4) is 0 Å². The summed E-state index contributed by atoms with van der Waals surface area (Å²) in [5, 5.41) is 0.431. The summed E-state index contributed by atoms with van der Waals surface area (Å²) < 4.78 is 46.2. The van der Waals surface area contributed by atoms with Crippen LogP contribution in [0.2, 0.25) is 5.15 Å². The Morgan fingerprint density at radius 3 is 2.90 bits per heavy atom. The molecule has 29 heavy (non-hydrogen) atoms. The second-order valence-corrected chi connectivity index (χ2v) is 9.18. The fourth-order valence-electron chi connectivity index (χ4n) is 3.61. The largest absolute Gasteiger partial charge is 0.443 e. The van der Waals surface area contributed by atoms with E-state index in [1.807, 2.05) is 0 Å². The highest BCUT2D eigenvalue weighted by Gasteiger charge is 2.40. The van der Waals surface area contributed by atoms with Crippen LogP contribution in [0.25, 0.3) is 11.0 Å². The highest BCUT2D eigenvalue weighted by Crippen LogP contribution is 2.31. The van der Waals surface area contributed by atoms with Gasteiger partial charge in [0.05, 0.1) is 6.04 Å². The Balaban J connectivity index is 1.53. The van der Waals surface area contributed by atoms with Crippen molar-refractivity contribution in [3.63, 3.8) is 0 Å². The Labute approximate surface area is 172 Å². The predicted octanol–water partition coefficient (Wildman–Crippen LogP) is 3.98. The van der Waals surface area contributed by atoms with Crippen LogP contribution in [0.5, 0.6) is 0 Å². The van der Waals surface area contributed by atoms with Crippen molar-refractivity contribution in [3.8, 4) is 0 Å². The zero-order valence-corrected chi connectivity index (χ0v) is 16.9. The molecule has 1 atom stereocenters. The van der Waals surface area contributed by atoms with E-state index in [0.717, 1.165) is 5.56 Å². The summed E-state index contributed by atoms with van der Waals surface area (Å²) in [5.74, 6) is -0.631. The van der Waals surface area contributed by atoms with Crippen LogP contribution in [0.4, 0.5) is 4.39 Å². The van der Waals surface area contributed by atoms with Gasteiger partial charge in [0.15, 0.2) is 5.78 Å². The van der Waals surface area contributed by atoms with E-state index in [4.69, 9.17) is 16.0 Å². The van der Waals surface area contributed by atoms with Gasteiger partial charge in [-0.25, -0.2) is 17.8 Å². The molecule has 2 aromatic heterocycles. The first-order valence-electron chi connectivity index (χ1n) is 9.19. The van der Waals surface area contributed by atoms with E-state index in [-0.39, 0.29) is 29.4 Å². The average Bonchev–Trinajstić information content (AvgIpc) is 3.33. The molecule has 0 radical (unpaired) electrons. The monoisotopic (exact) mass is 436 g/mol. The highest BCUT2D eigenvalue weighted by molar-refractivity contribution is 7.89. The third-order valence-electron chi connectivity index (χ3n) is 5.05. The molecule has 1 aliphatic rings. The Morgan fingerprint density at radius 1 is 1.28 bits per heavy atom. The summed E-state index contributed by atoms with van der Waals surface area (Å²) >= 11 is 5.86. The molecule has 0 unspecified atom stereocenters. The molecule has 3 aromatic rings. The van der Waals surface area contributed by atoms with Gasteiger partial charge < -0.3 is 4.42 Å². The first-order valence-corrected chi connectivity index (χ1v) is 11.0. The molecule has 0 spiro atoms. The molecule has 1 saturated heterocycles. The zero-order chi connectivity index (χ0) is 20.6. The first kappa shape index (κ1) is 20.0. The van der Waals surface area contributed by atoms with Crippen LogP contribution < -0.4 is 0 Å². The molecular weight excluding hydrogens is 419 g/mol. The average molecular weight is 437 g/mol. The Hall–Kier alpha value is -2.29. The van der Waals surface area contributed by atoms with Crippen LogP contribution in [-0.2, 0) is 21.2 Å². The lowest BCUT2D eigenvalue weighted by Gasteiger charge is -2.21. The van der Waals surface area contributed by atoms with Gasteiger partial charge in [0.2, 0.25) is 5.09 Å². The maximum Gasteiger partial charge on any atom is 0.277 e. The van der Waals surface area contributed by atoms with Crippen molar-refractivity contribution in [2.45, 2.75) is 36.8 Å². The second kappa shape index (κ2) is 7.85. The summed E-state index contributed by atoms with van der Waals surface area (Å²) in [7, 11) is -4.00. The van der Waals surface area contributed by atoms with Gasteiger partial charge in [0, 0.05) is 30.6 Å². The molecule has 0 saturated carbocycles. The molecule has 1 aliphatic heterocycles.